The molecule has 2 amide bonds. The Morgan fingerprint density at radius 1 is 1.03 bits per heavy atom. The van der Waals surface area contributed by atoms with E-state index in [2.05, 4.69) is 20.6 Å². The highest BCUT2D eigenvalue weighted by Gasteiger charge is 2.23. The zero-order chi connectivity index (χ0) is 22.1. The lowest BCUT2D eigenvalue weighted by atomic mass is 10.1. The van der Waals surface area contributed by atoms with Crippen LogP contribution in [0.25, 0.3) is 10.7 Å². The molecular formula is C24H18N4O2S2. The van der Waals surface area contributed by atoms with Crippen molar-refractivity contribution in [2.24, 2.45) is 0 Å². The third-order valence-electron chi connectivity index (χ3n) is 5.12. The summed E-state index contributed by atoms with van der Waals surface area (Å²) < 4.78 is 0. The highest BCUT2D eigenvalue weighted by Crippen LogP contribution is 2.41. The van der Waals surface area contributed by atoms with Gasteiger partial charge in [-0.05, 0) is 48.9 Å². The van der Waals surface area contributed by atoms with E-state index in [1.54, 1.807) is 18.5 Å². The average molecular weight is 459 g/mol. The van der Waals surface area contributed by atoms with E-state index in [0.717, 1.165) is 30.9 Å². The monoisotopic (exact) mass is 458 g/mol. The summed E-state index contributed by atoms with van der Waals surface area (Å²) in [6.07, 6.45) is 3.49. The summed E-state index contributed by atoms with van der Waals surface area (Å²) in [7, 11) is 0. The highest BCUT2D eigenvalue weighted by atomic mass is 32.2. The molecule has 0 aliphatic carbocycles. The molecule has 1 aliphatic rings. The van der Waals surface area contributed by atoms with Crippen LogP contribution in [0, 0.1) is 6.92 Å². The standard InChI is InChI=1S/C24H18N4O2S2/c1-14-16(9-10-20-21(14)28-23(30)17-6-2-3-8-19(17)32-20)22(29)26-12-15-13-27-24(31-15)18-7-4-5-11-25-18/h2-11,13H,12H2,1H3,(H,26,29)(H,28,30). The molecule has 0 fully saturated rings. The van der Waals surface area contributed by atoms with Crippen LogP contribution >= 0.6 is 23.1 Å². The fourth-order valence-corrected chi connectivity index (χ4v) is 5.40. The normalized spacial score (nSPS) is 12.3. The smallest absolute Gasteiger partial charge is 0.256 e. The van der Waals surface area contributed by atoms with E-state index >= 15 is 0 Å². The molecule has 158 valence electrons. The average Bonchev–Trinajstić information content (AvgIpc) is 3.24. The first-order valence-corrected chi connectivity index (χ1v) is 11.6. The maximum Gasteiger partial charge on any atom is 0.256 e. The number of benzene rings is 2. The number of anilines is 1. The third kappa shape index (κ3) is 3.90. The second-order valence-corrected chi connectivity index (χ2v) is 9.39. The van der Waals surface area contributed by atoms with Gasteiger partial charge in [0.15, 0.2) is 0 Å². The summed E-state index contributed by atoms with van der Waals surface area (Å²) in [5.41, 5.74) is 3.40. The number of nitrogens with zero attached hydrogens (tertiary/aromatic N) is 2. The molecule has 2 N–H and O–H groups in total. The van der Waals surface area contributed by atoms with Crippen molar-refractivity contribution in [2.75, 3.05) is 5.32 Å². The maximum atomic E-state index is 12.9. The molecule has 2 aromatic heterocycles. The fourth-order valence-electron chi connectivity index (χ4n) is 3.48. The summed E-state index contributed by atoms with van der Waals surface area (Å²) in [5.74, 6) is -0.363. The van der Waals surface area contributed by atoms with Crippen molar-refractivity contribution in [1.29, 1.82) is 0 Å². The molecule has 0 saturated carbocycles. The van der Waals surface area contributed by atoms with Gasteiger partial charge in [0.1, 0.15) is 5.01 Å². The van der Waals surface area contributed by atoms with Gasteiger partial charge in [0, 0.05) is 32.6 Å². The number of nitrogens with one attached hydrogen (secondary N) is 2. The summed E-state index contributed by atoms with van der Waals surface area (Å²) in [4.78, 5) is 37.1. The zero-order valence-corrected chi connectivity index (χ0v) is 18.7. The van der Waals surface area contributed by atoms with Gasteiger partial charge in [-0.25, -0.2) is 4.98 Å². The summed E-state index contributed by atoms with van der Waals surface area (Å²) >= 11 is 3.02. The van der Waals surface area contributed by atoms with Crippen molar-refractivity contribution < 1.29 is 9.59 Å². The summed E-state index contributed by atoms with van der Waals surface area (Å²) in [5, 5.41) is 6.76. The van der Waals surface area contributed by atoms with E-state index in [4.69, 9.17) is 0 Å². The van der Waals surface area contributed by atoms with Gasteiger partial charge >= 0.3 is 0 Å². The first kappa shape index (κ1) is 20.4. The Kier molecular flexibility index (Phi) is 5.46. The van der Waals surface area contributed by atoms with Crippen LogP contribution in [-0.4, -0.2) is 21.8 Å². The van der Waals surface area contributed by atoms with Crippen LogP contribution in [-0.2, 0) is 6.54 Å². The van der Waals surface area contributed by atoms with Crippen molar-refractivity contribution in [3.8, 4) is 10.7 Å². The largest absolute Gasteiger partial charge is 0.347 e. The molecule has 0 radical (unpaired) electrons. The third-order valence-corrected chi connectivity index (χ3v) is 7.28. The van der Waals surface area contributed by atoms with Crippen molar-refractivity contribution in [1.82, 2.24) is 15.3 Å². The van der Waals surface area contributed by atoms with Crippen LogP contribution < -0.4 is 10.6 Å². The lowest BCUT2D eigenvalue weighted by molar-refractivity contribution is 0.0949. The summed E-state index contributed by atoms with van der Waals surface area (Å²) in [6.45, 7) is 2.23. The van der Waals surface area contributed by atoms with Crippen molar-refractivity contribution >= 4 is 40.6 Å². The Labute approximate surface area is 193 Å². The fraction of sp³-hybridized carbons (Fsp3) is 0.0833. The van der Waals surface area contributed by atoms with E-state index in [-0.39, 0.29) is 11.8 Å². The number of carbonyl (C=O) groups is 2. The van der Waals surface area contributed by atoms with Crippen molar-refractivity contribution in [3.63, 3.8) is 0 Å². The number of pyridine rings is 1. The molecule has 6 nitrogen and oxygen atoms in total. The number of rotatable bonds is 4. The van der Waals surface area contributed by atoms with Crippen LogP contribution in [0.15, 0.2) is 76.8 Å². The Balaban J connectivity index is 1.34. The van der Waals surface area contributed by atoms with Gasteiger partial charge in [-0.15, -0.1) is 11.3 Å². The number of amides is 2. The lowest BCUT2D eigenvalue weighted by Gasteiger charge is -2.14. The van der Waals surface area contributed by atoms with Crippen LogP contribution in [0.2, 0.25) is 0 Å². The molecule has 0 saturated heterocycles. The molecule has 5 rings (SSSR count). The van der Waals surface area contributed by atoms with Crippen molar-refractivity contribution in [3.05, 3.63) is 88.6 Å². The quantitative estimate of drug-likeness (QED) is 0.441. The molecular weight excluding hydrogens is 440 g/mol. The number of hydrogen-bond acceptors (Lipinski definition) is 6. The summed E-state index contributed by atoms with van der Waals surface area (Å²) in [6, 6.07) is 16.9. The number of aromatic nitrogens is 2. The maximum absolute atomic E-state index is 12.9. The molecule has 2 aromatic carbocycles. The molecule has 32 heavy (non-hydrogen) atoms. The van der Waals surface area contributed by atoms with Gasteiger partial charge in [0.25, 0.3) is 11.8 Å². The molecule has 4 aromatic rings. The first-order valence-electron chi connectivity index (χ1n) is 9.96. The van der Waals surface area contributed by atoms with E-state index in [1.807, 2.05) is 55.5 Å². The topological polar surface area (TPSA) is 84.0 Å². The lowest BCUT2D eigenvalue weighted by Crippen LogP contribution is -2.24. The number of thiazole rings is 1. The number of hydrogen-bond donors (Lipinski definition) is 2. The minimum absolute atomic E-state index is 0.167. The van der Waals surface area contributed by atoms with E-state index in [0.29, 0.717) is 23.4 Å². The minimum Gasteiger partial charge on any atom is -0.347 e. The second-order valence-electron chi connectivity index (χ2n) is 7.19. The van der Waals surface area contributed by atoms with Gasteiger partial charge in [-0.1, -0.05) is 30.0 Å². The predicted molar refractivity (Wildman–Crippen MR) is 126 cm³/mol. The predicted octanol–water partition coefficient (Wildman–Crippen LogP) is 5.16. The van der Waals surface area contributed by atoms with E-state index in [9.17, 15) is 9.59 Å². The van der Waals surface area contributed by atoms with Gasteiger partial charge in [0.05, 0.1) is 23.5 Å². The number of carbonyl (C=O) groups excluding carboxylic acids is 2. The highest BCUT2D eigenvalue weighted by molar-refractivity contribution is 7.99. The van der Waals surface area contributed by atoms with Crippen molar-refractivity contribution in [2.45, 2.75) is 23.3 Å². The molecule has 3 heterocycles. The Hall–Kier alpha value is -3.49. The number of fused-ring (bicyclic) bond motifs is 2. The molecule has 8 heteroatoms. The van der Waals surface area contributed by atoms with E-state index in [1.165, 1.54) is 23.1 Å². The van der Waals surface area contributed by atoms with Gasteiger partial charge in [-0.2, -0.15) is 0 Å². The van der Waals surface area contributed by atoms with Crippen LogP contribution in [0.1, 0.15) is 31.2 Å². The first-order chi connectivity index (χ1) is 15.6. The second kappa shape index (κ2) is 8.57. The molecule has 1 aliphatic heterocycles. The molecule has 0 bridgehead atoms. The Bertz CT molecular complexity index is 1340. The Morgan fingerprint density at radius 2 is 1.88 bits per heavy atom. The molecule has 0 atom stereocenters. The molecule has 0 spiro atoms. The van der Waals surface area contributed by atoms with Crippen LogP contribution in [0.4, 0.5) is 5.69 Å². The van der Waals surface area contributed by atoms with Gasteiger partial charge in [0.2, 0.25) is 0 Å². The molecule has 0 unspecified atom stereocenters. The van der Waals surface area contributed by atoms with Gasteiger partial charge < -0.3 is 10.6 Å². The van der Waals surface area contributed by atoms with Crippen LogP contribution in [0.5, 0.6) is 0 Å². The SMILES string of the molecule is Cc1c(C(=O)NCc2cnc(-c3ccccn3)s2)ccc2c1NC(=O)c1ccccc1S2. The Morgan fingerprint density at radius 3 is 2.72 bits per heavy atom. The zero-order valence-electron chi connectivity index (χ0n) is 17.1. The van der Waals surface area contributed by atoms with Crippen LogP contribution in [0.3, 0.4) is 0 Å². The van der Waals surface area contributed by atoms with Gasteiger partial charge in [-0.3, -0.25) is 14.6 Å². The minimum atomic E-state index is -0.195. The van der Waals surface area contributed by atoms with E-state index < -0.39 is 0 Å².